The maximum Gasteiger partial charge on any atom is 1.00 e. The van der Waals surface area contributed by atoms with Crippen LogP contribution in [0.25, 0.3) is 0 Å². The number of rotatable bonds is 2. The van der Waals surface area contributed by atoms with Crippen LogP contribution in [0.2, 0.25) is 0 Å². The second-order valence-electron chi connectivity index (χ2n) is 2.34. The third kappa shape index (κ3) is 3.15. The van der Waals surface area contributed by atoms with E-state index < -0.39 is 10.1 Å². The number of hydrogen-bond acceptors (Lipinski definition) is 5. The predicted octanol–water partition coefficient (Wildman–Crippen LogP) is -1.99. The fourth-order valence-corrected chi connectivity index (χ4v) is 1.62. The van der Waals surface area contributed by atoms with Gasteiger partial charge in [0.2, 0.25) is 0 Å². The molecule has 14 heavy (non-hydrogen) atoms. The second-order valence-corrected chi connectivity index (χ2v) is 4.54. The van der Waals surface area contributed by atoms with Crippen molar-refractivity contribution >= 4 is 28.4 Å². The zero-order valence-electron chi connectivity index (χ0n) is 8.89. The van der Waals surface area contributed by atoms with E-state index in [1.54, 1.807) is 0 Å². The first kappa shape index (κ1) is 14.3. The molecular formula is C7H10NNaO3S2. The third-order valence-corrected chi connectivity index (χ3v) is 3.18. The third-order valence-electron chi connectivity index (χ3n) is 1.51. The minimum absolute atomic E-state index is 0. The van der Waals surface area contributed by atoms with Gasteiger partial charge in [-0.25, -0.2) is 0 Å². The van der Waals surface area contributed by atoms with Crippen LogP contribution in [-0.4, -0.2) is 15.5 Å². The summed E-state index contributed by atoms with van der Waals surface area (Å²) in [7, 11) is -2.55. The van der Waals surface area contributed by atoms with Gasteiger partial charge in [0.05, 0.1) is 12.0 Å². The molecule has 4 nitrogen and oxygen atoms in total. The van der Waals surface area contributed by atoms with Crippen molar-refractivity contribution in [2.24, 2.45) is 0 Å². The molecule has 0 atom stereocenters. The molecule has 2 N–H and O–H groups in total. The van der Waals surface area contributed by atoms with Gasteiger partial charge in [-0.15, -0.1) is 12.6 Å². The first-order chi connectivity index (χ1) is 5.97. The SMILES string of the molecule is COS(=O)(=O)c1ccc(S)c(N)c1.[H-].[Na+]. The minimum Gasteiger partial charge on any atom is -1.00 e. The van der Waals surface area contributed by atoms with Crippen LogP contribution in [0.4, 0.5) is 5.69 Å². The van der Waals surface area contributed by atoms with Gasteiger partial charge in [0.25, 0.3) is 10.1 Å². The Balaban J connectivity index is 0. The number of nitrogens with two attached hydrogens (primary N) is 1. The largest absolute Gasteiger partial charge is 1.00 e. The van der Waals surface area contributed by atoms with E-state index in [-0.39, 0.29) is 35.9 Å². The molecule has 0 spiro atoms. The Labute approximate surface area is 112 Å². The summed E-state index contributed by atoms with van der Waals surface area (Å²) in [5.41, 5.74) is 5.78. The molecule has 0 amide bonds. The molecule has 1 aromatic rings. The normalized spacial score (nSPS) is 10.7. The molecule has 0 fully saturated rings. The summed E-state index contributed by atoms with van der Waals surface area (Å²) in [4.78, 5) is 0.570. The van der Waals surface area contributed by atoms with Gasteiger partial charge in [-0.1, -0.05) is 0 Å². The molecule has 0 heterocycles. The van der Waals surface area contributed by atoms with Gasteiger partial charge in [-0.05, 0) is 18.2 Å². The quantitative estimate of drug-likeness (QED) is 0.273. The van der Waals surface area contributed by atoms with E-state index in [0.29, 0.717) is 10.6 Å². The molecule has 0 aromatic heterocycles. The Hall–Kier alpha value is 0.280. The summed E-state index contributed by atoms with van der Waals surface area (Å²) in [5.74, 6) is 0. The van der Waals surface area contributed by atoms with Gasteiger partial charge in [0, 0.05) is 10.6 Å². The van der Waals surface area contributed by atoms with Crippen LogP contribution >= 0.6 is 12.6 Å². The zero-order valence-corrected chi connectivity index (χ0v) is 11.6. The summed E-state index contributed by atoms with van der Waals surface area (Å²) < 4.78 is 26.6. The van der Waals surface area contributed by atoms with Gasteiger partial charge >= 0.3 is 29.6 Å². The molecule has 0 unspecified atom stereocenters. The van der Waals surface area contributed by atoms with Gasteiger partial charge in [0.15, 0.2) is 0 Å². The van der Waals surface area contributed by atoms with Crippen molar-refractivity contribution in [3.8, 4) is 0 Å². The molecule has 1 aromatic carbocycles. The first-order valence-electron chi connectivity index (χ1n) is 3.36. The maximum absolute atomic E-state index is 11.2. The summed E-state index contributed by atoms with van der Waals surface area (Å²) >= 11 is 4.01. The molecule has 0 saturated carbocycles. The molecule has 7 heteroatoms. The fraction of sp³-hybridized carbons (Fsp3) is 0.143. The van der Waals surface area contributed by atoms with E-state index in [9.17, 15) is 8.42 Å². The molecule has 0 aliphatic carbocycles. The fourth-order valence-electron chi connectivity index (χ4n) is 0.784. The van der Waals surface area contributed by atoms with Crippen LogP contribution in [0, 0.1) is 0 Å². The van der Waals surface area contributed by atoms with Crippen LogP contribution in [0.15, 0.2) is 28.0 Å². The van der Waals surface area contributed by atoms with E-state index in [0.717, 1.165) is 7.11 Å². The van der Waals surface area contributed by atoms with Crippen LogP contribution in [0.3, 0.4) is 0 Å². The van der Waals surface area contributed by atoms with E-state index in [1.165, 1.54) is 18.2 Å². The number of hydrogen-bond donors (Lipinski definition) is 2. The van der Waals surface area contributed by atoms with E-state index >= 15 is 0 Å². The molecule has 0 radical (unpaired) electrons. The molecule has 0 aliphatic rings. The monoisotopic (exact) mass is 243 g/mol. The average molecular weight is 243 g/mol. The summed E-state index contributed by atoms with van der Waals surface area (Å²) in [5, 5.41) is 0. The minimum atomic E-state index is -3.65. The van der Waals surface area contributed by atoms with Crippen LogP contribution < -0.4 is 35.3 Å². The van der Waals surface area contributed by atoms with Gasteiger partial charge in [0.1, 0.15) is 0 Å². The van der Waals surface area contributed by atoms with E-state index in [4.69, 9.17) is 5.73 Å². The predicted molar refractivity (Wildman–Crippen MR) is 53.4 cm³/mol. The maximum atomic E-state index is 11.2. The Morgan fingerprint density at radius 2 is 2.07 bits per heavy atom. The summed E-state index contributed by atoms with van der Waals surface area (Å²) in [6.45, 7) is 0. The van der Waals surface area contributed by atoms with Crippen molar-refractivity contribution in [3.63, 3.8) is 0 Å². The van der Waals surface area contributed by atoms with Crippen molar-refractivity contribution in [2.75, 3.05) is 12.8 Å². The van der Waals surface area contributed by atoms with Crippen LogP contribution in [0.1, 0.15) is 1.43 Å². The molecule has 0 aliphatic heterocycles. The molecular weight excluding hydrogens is 233 g/mol. The van der Waals surface area contributed by atoms with Gasteiger partial charge < -0.3 is 7.16 Å². The van der Waals surface area contributed by atoms with Crippen molar-refractivity contribution in [2.45, 2.75) is 9.79 Å². The summed E-state index contributed by atoms with van der Waals surface area (Å²) in [6.07, 6.45) is 0. The van der Waals surface area contributed by atoms with E-state index in [1.807, 2.05) is 0 Å². The van der Waals surface area contributed by atoms with Crippen LogP contribution in [0.5, 0.6) is 0 Å². The Morgan fingerprint density at radius 3 is 2.50 bits per heavy atom. The van der Waals surface area contributed by atoms with E-state index in [2.05, 4.69) is 16.8 Å². The molecule has 0 saturated heterocycles. The van der Waals surface area contributed by atoms with Gasteiger partial charge in [-0.2, -0.15) is 8.42 Å². The number of thiol groups is 1. The molecule has 0 bridgehead atoms. The summed E-state index contributed by atoms with van der Waals surface area (Å²) in [6, 6.07) is 4.20. The van der Waals surface area contributed by atoms with Crippen molar-refractivity contribution < 1.29 is 43.6 Å². The van der Waals surface area contributed by atoms with Crippen molar-refractivity contribution in [3.05, 3.63) is 18.2 Å². The second kappa shape index (κ2) is 5.39. The Bertz CT molecular complexity index is 424. The zero-order chi connectivity index (χ0) is 10.1. The first-order valence-corrected chi connectivity index (χ1v) is 5.22. The van der Waals surface area contributed by atoms with Crippen LogP contribution in [-0.2, 0) is 14.3 Å². The van der Waals surface area contributed by atoms with Crippen molar-refractivity contribution in [1.29, 1.82) is 0 Å². The number of anilines is 1. The Morgan fingerprint density at radius 1 is 1.50 bits per heavy atom. The average Bonchev–Trinajstić information content (AvgIpc) is 2.09. The number of benzene rings is 1. The smallest absolute Gasteiger partial charge is 1.00 e. The molecule has 1 rings (SSSR count). The van der Waals surface area contributed by atoms with Gasteiger partial charge in [-0.3, -0.25) is 4.18 Å². The Kier molecular flexibility index (Phi) is 5.50. The molecule has 74 valence electrons. The standard InChI is InChI=1S/C7H9NO3S2.Na.H/c1-11-13(9,10)5-2-3-7(12)6(8)4-5;;/h2-4,12H,8H2,1H3;;/q;+1;-1. The number of nitrogen functional groups attached to an aromatic ring is 1. The topological polar surface area (TPSA) is 69.4 Å². The van der Waals surface area contributed by atoms with Crippen molar-refractivity contribution in [1.82, 2.24) is 0 Å².